The van der Waals surface area contributed by atoms with Crippen LogP contribution in [0.4, 0.5) is 0 Å². The van der Waals surface area contributed by atoms with Crippen LogP contribution < -0.4 is 60.2 Å². The topological polar surface area (TPSA) is 431 Å². The number of nitrogens with zero attached hydrogens (tertiary/aromatic N) is 1. The van der Waals surface area contributed by atoms with Crippen LogP contribution in [0.1, 0.15) is 90.2 Å². The van der Waals surface area contributed by atoms with Crippen LogP contribution in [0.15, 0.2) is 59.7 Å². The molecule has 0 aliphatic carbocycles. The molecule has 0 unspecified atom stereocenters. The minimum absolute atomic E-state index is 0.00342. The number of nitrogens with one attached hydrogen (secondary N) is 8. The van der Waals surface area contributed by atoms with E-state index in [0.29, 0.717) is 41.3 Å². The Labute approximate surface area is 434 Å². The number of aromatic nitrogens is 1. The molecule has 412 valence electrons. The number of hydrogen-bond donors (Lipinski definition) is 15. The number of amides is 7. The molecule has 25 heteroatoms. The Bertz CT molecular complexity index is 2440. The first kappa shape index (κ1) is 61.5. The Hall–Kier alpha value is -7.80. The number of phenols is 1. The Balaban J connectivity index is 1.95. The molecule has 8 atom stereocenters. The summed E-state index contributed by atoms with van der Waals surface area (Å²) >= 11 is 0. The summed E-state index contributed by atoms with van der Waals surface area (Å²) in [5.41, 5.74) is 24.4. The number of aromatic hydroxyl groups is 1. The van der Waals surface area contributed by atoms with Crippen molar-refractivity contribution in [1.82, 2.24) is 42.2 Å². The van der Waals surface area contributed by atoms with Crippen molar-refractivity contribution in [3.8, 4) is 5.75 Å². The third-order valence-corrected chi connectivity index (χ3v) is 12.2. The molecule has 19 N–H and O–H groups in total. The molecule has 7 amide bonds. The fourth-order valence-corrected chi connectivity index (χ4v) is 7.82. The maximum absolute atomic E-state index is 14.4. The smallest absolute Gasteiger partial charge is 0.326 e. The first-order chi connectivity index (χ1) is 35.5. The quantitative estimate of drug-likeness (QED) is 0.0194. The van der Waals surface area contributed by atoms with Gasteiger partial charge < -0.3 is 80.5 Å². The molecule has 75 heavy (non-hydrogen) atoms. The number of rotatable bonds is 33. The van der Waals surface area contributed by atoms with Crippen LogP contribution in [0.3, 0.4) is 0 Å². The fourth-order valence-electron chi connectivity index (χ4n) is 7.82. The number of carboxylic acid groups (broad SMARTS) is 2. The highest BCUT2D eigenvalue weighted by molar-refractivity contribution is 5.98. The van der Waals surface area contributed by atoms with E-state index >= 15 is 0 Å². The number of aromatic amines is 1. The second-order valence-electron chi connectivity index (χ2n) is 18.8. The lowest BCUT2D eigenvalue weighted by Gasteiger charge is -2.27. The summed E-state index contributed by atoms with van der Waals surface area (Å²) in [7, 11) is 0. The van der Waals surface area contributed by atoms with Gasteiger partial charge in [0.05, 0.1) is 19.0 Å². The molecule has 0 saturated heterocycles. The molecule has 0 aliphatic rings. The van der Waals surface area contributed by atoms with E-state index in [1.807, 2.05) is 27.7 Å². The van der Waals surface area contributed by atoms with Crippen molar-refractivity contribution in [1.29, 1.82) is 0 Å². The van der Waals surface area contributed by atoms with Crippen molar-refractivity contribution in [3.05, 3.63) is 65.9 Å². The number of fused-ring (bicyclic) bond motifs is 1. The van der Waals surface area contributed by atoms with Gasteiger partial charge in [-0.1, -0.05) is 64.4 Å². The number of carbonyl (C=O) groups is 9. The number of phenolic OH excluding ortho intramolecular Hbond substituents is 1. The van der Waals surface area contributed by atoms with Crippen molar-refractivity contribution in [2.24, 2.45) is 39.8 Å². The number of nitrogens with two attached hydrogens (primary N) is 4. The van der Waals surface area contributed by atoms with Gasteiger partial charge >= 0.3 is 11.9 Å². The van der Waals surface area contributed by atoms with Crippen LogP contribution in [-0.2, 0) is 56.0 Å². The Kier molecular flexibility index (Phi) is 25.5. The zero-order valence-electron chi connectivity index (χ0n) is 42.9. The third-order valence-electron chi connectivity index (χ3n) is 12.2. The summed E-state index contributed by atoms with van der Waals surface area (Å²) in [6, 6.07) is 2.99. The minimum Gasteiger partial charge on any atom is -0.508 e. The van der Waals surface area contributed by atoms with Crippen LogP contribution in [0.2, 0.25) is 0 Å². The highest BCUT2D eigenvalue weighted by atomic mass is 16.4. The average Bonchev–Trinajstić information content (AvgIpc) is 3.77. The van der Waals surface area contributed by atoms with Gasteiger partial charge in [0.2, 0.25) is 41.4 Å². The van der Waals surface area contributed by atoms with Crippen molar-refractivity contribution >= 4 is 70.2 Å². The first-order valence-electron chi connectivity index (χ1n) is 24.9. The molecule has 1 heterocycles. The lowest BCUT2D eigenvalue weighted by atomic mass is 9.97. The van der Waals surface area contributed by atoms with Crippen LogP contribution in [0.25, 0.3) is 10.9 Å². The van der Waals surface area contributed by atoms with E-state index in [1.54, 1.807) is 30.5 Å². The lowest BCUT2D eigenvalue weighted by Crippen LogP contribution is -2.60. The highest BCUT2D eigenvalue weighted by Crippen LogP contribution is 2.20. The molecular formula is C50H75N13O12. The maximum Gasteiger partial charge on any atom is 0.326 e. The maximum atomic E-state index is 14.4. The second kappa shape index (κ2) is 31.1. The normalized spacial score (nSPS) is 14.3. The largest absolute Gasteiger partial charge is 0.508 e. The number of para-hydroxylation sites is 1. The van der Waals surface area contributed by atoms with Gasteiger partial charge in [0, 0.05) is 36.5 Å². The zero-order chi connectivity index (χ0) is 55.8. The fraction of sp³-hybridized carbons (Fsp3) is 0.520. The predicted octanol–water partition coefficient (Wildman–Crippen LogP) is -1.15. The minimum atomic E-state index is -1.89. The van der Waals surface area contributed by atoms with E-state index in [1.165, 1.54) is 24.3 Å². The molecule has 3 rings (SSSR count). The van der Waals surface area contributed by atoms with Gasteiger partial charge in [-0.3, -0.25) is 43.3 Å². The van der Waals surface area contributed by atoms with Crippen molar-refractivity contribution in [2.75, 3.05) is 19.6 Å². The van der Waals surface area contributed by atoms with E-state index in [2.05, 4.69) is 47.2 Å². The summed E-state index contributed by atoms with van der Waals surface area (Å²) < 4.78 is 0. The summed E-state index contributed by atoms with van der Waals surface area (Å²) in [6.45, 7) is 6.99. The Morgan fingerprint density at radius 3 is 1.85 bits per heavy atom. The van der Waals surface area contributed by atoms with E-state index in [-0.39, 0.29) is 75.2 Å². The SMILES string of the molecule is CC[C@H](C)[C@H](N)C(=O)N[C@@H](CC(C)C)C(=O)NCC(=O)N[C@@H](Cc1c[nH]c2ccccc12)C(=O)N[C@@H](CCCN=C(N)N)C(=O)N[C@@H](CC(=O)O)C(=O)N[C@@H](Cc1ccc(O)cc1)C(=O)N[C@@H](CCCCN)C(=O)O. The van der Waals surface area contributed by atoms with Gasteiger partial charge in [0.1, 0.15) is 42.0 Å². The molecule has 25 nitrogen and oxygen atoms in total. The molecule has 0 aliphatic heterocycles. The van der Waals surface area contributed by atoms with E-state index in [0.717, 1.165) is 0 Å². The average molecular weight is 1050 g/mol. The zero-order valence-corrected chi connectivity index (χ0v) is 42.9. The summed E-state index contributed by atoms with van der Waals surface area (Å²) in [5, 5.41) is 48.0. The first-order valence-corrected chi connectivity index (χ1v) is 24.9. The molecule has 0 fully saturated rings. The van der Waals surface area contributed by atoms with Gasteiger partial charge in [0.25, 0.3) is 0 Å². The standard InChI is InChI=1S/C50H75N13O12/c1-5-28(4)42(52)48(73)63-36(21-27(2)3)43(68)57-26-40(65)58-38(23-30-25-56-33-12-7-6-11-32(30)33)46(71)59-34(14-10-20-55-50(53)54)44(69)62-39(24-41(66)67)47(72)61-37(22-29-15-17-31(64)18-16-29)45(70)60-35(49(74)75)13-8-9-19-51/h6-7,11-12,15-18,25,27-28,34-39,42,56,64H,5,8-10,13-14,19-24,26,51-52H2,1-4H3,(H,57,68)(H,58,65)(H,59,71)(H,60,70)(H,61,72)(H,62,69)(H,63,73)(H,66,67)(H,74,75)(H4,53,54,55)/t28-,34-,35-,36-,37-,38-,39-,42-/m0/s1. The number of guanidine groups is 1. The molecule has 2 aromatic carbocycles. The van der Waals surface area contributed by atoms with Crippen LogP contribution in [0.5, 0.6) is 5.75 Å². The summed E-state index contributed by atoms with van der Waals surface area (Å²) in [6.07, 6.45) is 1.72. The van der Waals surface area contributed by atoms with E-state index in [9.17, 15) is 58.5 Å². The highest BCUT2D eigenvalue weighted by Gasteiger charge is 2.34. The number of hydrogen-bond acceptors (Lipinski definition) is 13. The van der Waals surface area contributed by atoms with Crippen molar-refractivity contribution in [3.63, 3.8) is 0 Å². The number of aliphatic carboxylic acids is 2. The van der Waals surface area contributed by atoms with Gasteiger partial charge in [-0.2, -0.15) is 0 Å². The summed E-state index contributed by atoms with van der Waals surface area (Å²) in [5.74, 6) is -9.60. The van der Waals surface area contributed by atoms with Crippen molar-refractivity contribution < 1.29 is 58.5 Å². The molecule has 3 aromatic rings. The van der Waals surface area contributed by atoms with Crippen LogP contribution >= 0.6 is 0 Å². The molecule has 1 aromatic heterocycles. The number of carbonyl (C=O) groups excluding carboxylic acids is 7. The van der Waals surface area contributed by atoms with Gasteiger partial charge in [-0.25, -0.2) is 4.79 Å². The van der Waals surface area contributed by atoms with E-state index < -0.39 is 109 Å². The monoisotopic (exact) mass is 1050 g/mol. The number of unbranched alkanes of at least 4 members (excludes halogenated alkanes) is 1. The second-order valence-corrected chi connectivity index (χ2v) is 18.8. The molecule has 0 spiro atoms. The number of carboxylic acids is 2. The Morgan fingerprint density at radius 2 is 1.24 bits per heavy atom. The third kappa shape index (κ3) is 21.3. The molecule has 0 bridgehead atoms. The number of benzene rings is 2. The van der Waals surface area contributed by atoms with Crippen molar-refractivity contribution in [2.45, 2.75) is 134 Å². The molecular weight excluding hydrogens is 975 g/mol. The predicted molar refractivity (Wildman–Crippen MR) is 278 cm³/mol. The lowest BCUT2D eigenvalue weighted by molar-refractivity contribution is -0.143. The van der Waals surface area contributed by atoms with Crippen LogP contribution in [0, 0.1) is 11.8 Å². The van der Waals surface area contributed by atoms with E-state index in [4.69, 9.17) is 22.9 Å². The molecule has 0 radical (unpaired) electrons. The van der Waals surface area contributed by atoms with Gasteiger partial charge in [-0.15, -0.1) is 0 Å². The number of H-pyrrole nitrogens is 1. The number of aliphatic imine (C=N–C) groups is 1. The van der Waals surface area contributed by atoms with Gasteiger partial charge in [-0.05, 0) is 86.2 Å². The molecule has 0 saturated carbocycles. The Morgan fingerprint density at radius 1 is 0.667 bits per heavy atom. The van der Waals surface area contributed by atoms with Gasteiger partial charge in [0.15, 0.2) is 5.96 Å². The summed E-state index contributed by atoms with van der Waals surface area (Å²) in [4.78, 5) is 128. The van der Waals surface area contributed by atoms with Crippen LogP contribution in [-0.4, -0.2) is 141 Å².